The molecule has 82 valence electrons. The van der Waals surface area contributed by atoms with E-state index in [2.05, 4.69) is 16.7 Å². The monoisotopic (exact) mass is 239 g/mol. The minimum Gasteiger partial charge on any atom is -0.400 e. The van der Waals surface area contributed by atoms with Gasteiger partial charge in [0.1, 0.15) is 0 Å². The molecule has 0 bridgehead atoms. The van der Waals surface area contributed by atoms with E-state index in [1.54, 1.807) is 0 Å². The summed E-state index contributed by atoms with van der Waals surface area (Å²) in [5, 5.41) is 9.98. The van der Waals surface area contributed by atoms with Gasteiger partial charge in [0.2, 0.25) is 0 Å². The summed E-state index contributed by atoms with van der Waals surface area (Å²) >= 11 is 4.46. The summed E-state index contributed by atoms with van der Waals surface area (Å²) in [7, 11) is -3.48. The van der Waals surface area contributed by atoms with Crippen molar-refractivity contribution in [2.45, 2.75) is 13.8 Å². The van der Waals surface area contributed by atoms with Crippen LogP contribution < -0.4 is 5.50 Å². The number of carbonyl (C=O) groups is 1. The molecule has 0 spiro atoms. The van der Waals surface area contributed by atoms with Crippen molar-refractivity contribution in [3.05, 3.63) is 0 Å². The Morgan fingerprint density at radius 3 is 2.57 bits per heavy atom. The quantitative estimate of drug-likeness (QED) is 0.542. The molecule has 0 aliphatic carbocycles. The van der Waals surface area contributed by atoms with Crippen LogP contribution in [-0.4, -0.2) is 29.2 Å². The zero-order valence-electron chi connectivity index (χ0n) is 8.10. The van der Waals surface area contributed by atoms with Crippen LogP contribution in [0.25, 0.3) is 0 Å². The number of thiocarbonyl (C=S) groups is 1. The van der Waals surface area contributed by atoms with Crippen molar-refractivity contribution in [2.24, 2.45) is 10.9 Å². The van der Waals surface area contributed by atoms with Gasteiger partial charge in [-0.2, -0.15) is 0 Å². The Hall–Kier alpha value is -0.290. The molecular weight excluding hydrogens is 225 g/mol. The molecule has 14 heavy (non-hydrogen) atoms. The Bertz CT molecular complexity index is 279. The standard InChI is InChI=1S/C7H14NO4PS/c1-7(2,5-9)6(10)12-13(8,11)3-4-14/h4,9H,3,5H2,1-2H3,(H2,8,11). The molecule has 0 aliphatic rings. The molecule has 1 atom stereocenters. The van der Waals surface area contributed by atoms with Crippen LogP contribution in [0.2, 0.25) is 0 Å². The summed E-state index contributed by atoms with van der Waals surface area (Å²) in [6.07, 6.45) is -0.143. The average Bonchev–Trinajstić information content (AvgIpc) is 2.03. The van der Waals surface area contributed by atoms with E-state index in [0.717, 1.165) is 5.37 Å². The third kappa shape index (κ3) is 4.28. The topological polar surface area (TPSA) is 89.6 Å². The number of hydrogen-bond acceptors (Lipinski definition) is 5. The molecule has 0 radical (unpaired) electrons. The summed E-state index contributed by atoms with van der Waals surface area (Å²) in [6, 6.07) is 0. The van der Waals surface area contributed by atoms with E-state index in [-0.39, 0.29) is 6.16 Å². The molecule has 0 aromatic heterocycles. The van der Waals surface area contributed by atoms with Gasteiger partial charge in [-0.15, -0.1) is 0 Å². The Balaban J connectivity index is 4.47. The smallest absolute Gasteiger partial charge is 0.320 e. The fourth-order valence-corrected chi connectivity index (χ4v) is 1.90. The Morgan fingerprint density at radius 1 is 1.71 bits per heavy atom. The fraction of sp³-hybridized carbons (Fsp3) is 0.714. The van der Waals surface area contributed by atoms with Gasteiger partial charge in [0, 0.05) is 0 Å². The lowest BCUT2D eigenvalue weighted by atomic mass is 9.96. The van der Waals surface area contributed by atoms with Gasteiger partial charge >= 0.3 is 13.5 Å². The van der Waals surface area contributed by atoms with Crippen LogP contribution >= 0.6 is 19.7 Å². The summed E-state index contributed by atoms with van der Waals surface area (Å²) in [4.78, 5) is 11.3. The number of aliphatic hydroxyl groups is 1. The second kappa shape index (κ2) is 4.98. The summed E-state index contributed by atoms with van der Waals surface area (Å²) < 4.78 is 15.9. The lowest BCUT2D eigenvalue weighted by Gasteiger charge is -2.21. The Morgan fingerprint density at radius 2 is 2.21 bits per heavy atom. The van der Waals surface area contributed by atoms with E-state index < -0.39 is 25.5 Å². The predicted octanol–water partition coefficient (Wildman–Crippen LogP) is 0.700. The predicted molar refractivity (Wildman–Crippen MR) is 57.3 cm³/mol. The highest BCUT2D eigenvalue weighted by atomic mass is 32.1. The van der Waals surface area contributed by atoms with E-state index in [9.17, 15) is 9.36 Å². The normalized spacial score (nSPS) is 15.7. The second-order valence-electron chi connectivity index (χ2n) is 3.50. The summed E-state index contributed by atoms with van der Waals surface area (Å²) in [5.41, 5.74) is 4.11. The second-order valence-corrected chi connectivity index (χ2v) is 5.83. The SMILES string of the molecule is CC(C)(CO)C(=O)OP(N)(=O)CC=S. The van der Waals surface area contributed by atoms with Gasteiger partial charge in [0.25, 0.3) is 0 Å². The highest BCUT2D eigenvalue weighted by Crippen LogP contribution is 2.39. The maximum Gasteiger partial charge on any atom is 0.320 e. The first-order chi connectivity index (χ1) is 6.25. The van der Waals surface area contributed by atoms with Gasteiger partial charge in [-0.25, -0.2) is 5.50 Å². The van der Waals surface area contributed by atoms with Crippen LogP contribution in [0.1, 0.15) is 13.8 Å². The van der Waals surface area contributed by atoms with E-state index in [0.29, 0.717) is 0 Å². The lowest BCUT2D eigenvalue weighted by Crippen LogP contribution is -2.30. The molecule has 1 unspecified atom stereocenters. The van der Waals surface area contributed by atoms with Gasteiger partial charge in [0.15, 0.2) is 0 Å². The molecule has 0 aromatic rings. The molecular formula is C7H14NO4PS. The number of carbonyl (C=O) groups excluding carboxylic acids is 1. The molecule has 3 N–H and O–H groups in total. The van der Waals surface area contributed by atoms with E-state index >= 15 is 0 Å². The first-order valence-corrected chi connectivity index (χ1v) is 6.26. The van der Waals surface area contributed by atoms with Crippen LogP contribution in [0.4, 0.5) is 0 Å². The van der Waals surface area contributed by atoms with Crippen LogP contribution in [-0.2, 0) is 13.9 Å². The van der Waals surface area contributed by atoms with E-state index in [1.165, 1.54) is 13.8 Å². The highest BCUT2D eigenvalue weighted by molar-refractivity contribution is 7.80. The number of aliphatic hydroxyl groups excluding tert-OH is 1. The van der Waals surface area contributed by atoms with Gasteiger partial charge in [-0.05, 0) is 19.2 Å². The molecule has 0 aliphatic heterocycles. The zero-order chi connectivity index (χ0) is 11.4. The summed E-state index contributed by atoms with van der Waals surface area (Å²) in [6.45, 7) is 2.53. The molecule has 5 nitrogen and oxygen atoms in total. The van der Waals surface area contributed by atoms with Crippen LogP contribution in [0.3, 0.4) is 0 Å². The van der Waals surface area contributed by atoms with Gasteiger partial charge in [0.05, 0.1) is 18.2 Å². The molecule has 0 rings (SSSR count). The maximum atomic E-state index is 11.3. The minimum absolute atomic E-state index is 0.143. The molecule has 7 heteroatoms. The van der Waals surface area contributed by atoms with E-state index in [1.807, 2.05) is 0 Å². The molecule has 0 amide bonds. The van der Waals surface area contributed by atoms with Crippen molar-refractivity contribution in [1.29, 1.82) is 0 Å². The number of hydrogen-bond donors (Lipinski definition) is 2. The first kappa shape index (κ1) is 13.7. The summed E-state index contributed by atoms with van der Waals surface area (Å²) in [5.74, 6) is -0.789. The van der Waals surface area contributed by atoms with Gasteiger partial charge in [-0.1, -0.05) is 12.2 Å². The molecule has 0 saturated carbocycles. The molecule has 0 heterocycles. The van der Waals surface area contributed by atoms with Crippen LogP contribution in [0.5, 0.6) is 0 Å². The molecule has 0 fully saturated rings. The van der Waals surface area contributed by atoms with Crippen molar-refractivity contribution in [3.8, 4) is 0 Å². The Labute approximate surface area is 88.1 Å². The highest BCUT2D eigenvalue weighted by Gasteiger charge is 2.33. The molecule has 0 aromatic carbocycles. The third-order valence-corrected chi connectivity index (χ3v) is 3.09. The van der Waals surface area contributed by atoms with Crippen molar-refractivity contribution >= 4 is 31.1 Å². The van der Waals surface area contributed by atoms with Gasteiger partial charge in [-0.3, -0.25) is 9.36 Å². The van der Waals surface area contributed by atoms with Crippen molar-refractivity contribution < 1.29 is 19.0 Å². The lowest BCUT2D eigenvalue weighted by molar-refractivity contribution is -0.145. The maximum absolute atomic E-state index is 11.3. The van der Waals surface area contributed by atoms with Crippen LogP contribution in [0, 0.1) is 5.41 Å². The van der Waals surface area contributed by atoms with Crippen molar-refractivity contribution in [2.75, 3.05) is 12.8 Å². The first-order valence-electron chi connectivity index (χ1n) is 3.91. The van der Waals surface area contributed by atoms with Crippen molar-refractivity contribution in [3.63, 3.8) is 0 Å². The Kier molecular flexibility index (Phi) is 4.88. The average molecular weight is 239 g/mol. The minimum atomic E-state index is -3.48. The van der Waals surface area contributed by atoms with E-state index in [4.69, 9.17) is 10.6 Å². The van der Waals surface area contributed by atoms with Crippen LogP contribution in [0.15, 0.2) is 0 Å². The number of rotatable bonds is 5. The number of nitrogens with two attached hydrogens (primary N) is 1. The molecule has 0 saturated heterocycles. The largest absolute Gasteiger partial charge is 0.400 e. The zero-order valence-corrected chi connectivity index (χ0v) is 9.81. The fourth-order valence-electron chi connectivity index (χ4n) is 0.470. The van der Waals surface area contributed by atoms with Gasteiger partial charge < -0.3 is 9.63 Å². The third-order valence-electron chi connectivity index (χ3n) is 1.51. The van der Waals surface area contributed by atoms with Crippen molar-refractivity contribution in [1.82, 2.24) is 0 Å².